The molecule has 1 aliphatic heterocycles. The van der Waals surface area contributed by atoms with Gasteiger partial charge in [-0.1, -0.05) is 58.0 Å². The van der Waals surface area contributed by atoms with E-state index in [9.17, 15) is 4.79 Å². The van der Waals surface area contributed by atoms with Gasteiger partial charge < -0.3 is 20.4 Å². The number of carbonyl (C=O) groups excluding carboxylic acids is 1. The molecule has 30 heavy (non-hydrogen) atoms. The Hall–Kier alpha value is -1.37. The fraction of sp³-hybridized carbons (Fsp3) is 0.708. The molecule has 164 valence electrons. The number of rotatable bonds is 7. The van der Waals surface area contributed by atoms with E-state index in [0.717, 1.165) is 18.4 Å². The van der Waals surface area contributed by atoms with Crippen molar-refractivity contribution in [3.8, 4) is 0 Å². The molecule has 1 aromatic rings. The lowest BCUT2D eigenvalue weighted by atomic mass is 9.43. The smallest absolute Gasteiger partial charge is 0.404 e. The first-order valence-electron chi connectivity index (χ1n) is 11.5. The van der Waals surface area contributed by atoms with Crippen LogP contribution in [0.3, 0.4) is 0 Å². The molecule has 4 aliphatic rings. The van der Waals surface area contributed by atoms with Gasteiger partial charge in [0.05, 0.1) is 23.7 Å². The lowest BCUT2D eigenvalue weighted by Gasteiger charge is -2.64. The molecule has 3 N–H and O–H groups in total. The highest BCUT2D eigenvalue weighted by molar-refractivity contribution is 6.47. The molecular formula is C24H37BN2O3. The molecule has 0 unspecified atom stereocenters. The lowest BCUT2D eigenvalue weighted by molar-refractivity contribution is -0.199. The molecular weight excluding hydrogens is 375 g/mol. The fourth-order valence-corrected chi connectivity index (χ4v) is 6.07. The van der Waals surface area contributed by atoms with E-state index in [-0.39, 0.29) is 23.6 Å². The maximum atomic E-state index is 12.9. The molecule has 0 aromatic heterocycles. The minimum atomic E-state index is -0.590. The van der Waals surface area contributed by atoms with Crippen LogP contribution in [0.25, 0.3) is 0 Å². The standard InChI is InChI=1S/C24H37BN2O3/c1-15(2)11-21(27-22(28)18(26)12-16-9-7-6-8-10-16)25-29-20-14-17-13-19(23(17,3)4)24(20,5)30-25/h6-10,15,17-21H,11-14,26H2,1-5H3,(H,27,28)/t17-,18+,19-,20-,21+,24+/m1/s1. The lowest BCUT2D eigenvalue weighted by Crippen LogP contribution is -2.65. The van der Waals surface area contributed by atoms with Crippen LogP contribution in [0, 0.1) is 23.2 Å². The largest absolute Gasteiger partial charge is 0.481 e. The molecule has 0 radical (unpaired) electrons. The van der Waals surface area contributed by atoms with Gasteiger partial charge in [0.1, 0.15) is 0 Å². The number of hydrogen-bond acceptors (Lipinski definition) is 4. The molecule has 3 aliphatic carbocycles. The number of nitrogens with two attached hydrogens (primary N) is 1. The van der Waals surface area contributed by atoms with E-state index in [0.29, 0.717) is 29.6 Å². The number of amides is 1. The van der Waals surface area contributed by atoms with Crippen molar-refractivity contribution >= 4 is 13.0 Å². The molecule has 3 saturated carbocycles. The first kappa shape index (κ1) is 21.9. The predicted molar refractivity (Wildman–Crippen MR) is 120 cm³/mol. The van der Waals surface area contributed by atoms with Crippen molar-refractivity contribution < 1.29 is 14.1 Å². The van der Waals surface area contributed by atoms with Crippen molar-refractivity contribution in [3.05, 3.63) is 35.9 Å². The Kier molecular flexibility index (Phi) is 5.80. The first-order chi connectivity index (χ1) is 14.1. The second-order valence-electron chi connectivity index (χ2n) is 10.9. The van der Waals surface area contributed by atoms with E-state index in [1.54, 1.807) is 0 Å². The van der Waals surface area contributed by atoms with Gasteiger partial charge in [-0.15, -0.1) is 0 Å². The molecule has 6 heteroatoms. The summed E-state index contributed by atoms with van der Waals surface area (Å²) in [5.74, 6) is 1.30. The summed E-state index contributed by atoms with van der Waals surface area (Å²) in [6.07, 6.45) is 3.70. The SMILES string of the molecule is CC(C)C[C@H](NC(=O)[C@@H](N)Cc1ccccc1)B1O[C@@H]2C[C@H]3C[C@H](C3(C)C)[C@]2(C)O1. The molecule has 2 bridgehead atoms. The minimum absolute atomic E-state index is 0.115. The highest BCUT2D eigenvalue weighted by Crippen LogP contribution is 2.65. The van der Waals surface area contributed by atoms with Crippen molar-refractivity contribution in [2.45, 2.75) is 84.0 Å². The van der Waals surface area contributed by atoms with E-state index in [1.807, 2.05) is 30.3 Å². The number of benzene rings is 1. The molecule has 1 aromatic carbocycles. The summed E-state index contributed by atoms with van der Waals surface area (Å²) in [6.45, 7) is 11.3. The number of carbonyl (C=O) groups is 1. The fourth-order valence-electron chi connectivity index (χ4n) is 6.07. The summed E-state index contributed by atoms with van der Waals surface area (Å²) < 4.78 is 13.1. The number of nitrogens with one attached hydrogen (secondary N) is 1. The van der Waals surface area contributed by atoms with Gasteiger partial charge in [0, 0.05) is 0 Å². The van der Waals surface area contributed by atoms with Gasteiger partial charge in [-0.3, -0.25) is 4.79 Å². The monoisotopic (exact) mass is 412 g/mol. The summed E-state index contributed by atoms with van der Waals surface area (Å²) in [5.41, 5.74) is 7.34. The third-order valence-corrected chi connectivity index (χ3v) is 7.99. The Labute approximate surface area is 181 Å². The summed E-state index contributed by atoms with van der Waals surface area (Å²) in [6, 6.07) is 9.32. The first-order valence-corrected chi connectivity index (χ1v) is 11.5. The molecule has 6 atom stereocenters. The van der Waals surface area contributed by atoms with Gasteiger partial charge in [-0.2, -0.15) is 0 Å². The van der Waals surface area contributed by atoms with Crippen molar-refractivity contribution in [2.24, 2.45) is 28.9 Å². The summed E-state index contributed by atoms with van der Waals surface area (Å²) >= 11 is 0. The van der Waals surface area contributed by atoms with Crippen molar-refractivity contribution in [2.75, 3.05) is 0 Å². The maximum absolute atomic E-state index is 12.9. The van der Waals surface area contributed by atoms with Crippen LogP contribution in [0.4, 0.5) is 0 Å². The van der Waals surface area contributed by atoms with E-state index in [1.165, 1.54) is 6.42 Å². The molecule has 1 heterocycles. The molecule has 5 rings (SSSR count). The zero-order valence-electron chi connectivity index (χ0n) is 19.1. The van der Waals surface area contributed by atoms with Gasteiger partial charge in [-0.25, -0.2) is 0 Å². The van der Waals surface area contributed by atoms with Crippen LogP contribution < -0.4 is 11.1 Å². The normalized spacial score (nSPS) is 33.6. The summed E-state index contributed by atoms with van der Waals surface area (Å²) in [7, 11) is -0.412. The van der Waals surface area contributed by atoms with Crippen LogP contribution in [0.15, 0.2) is 30.3 Å². The second-order valence-corrected chi connectivity index (χ2v) is 10.9. The van der Waals surface area contributed by atoms with Crippen LogP contribution in [0.2, 0.25) is 0 Å². The van der Waals surface area contributed by atoms with Gasteiger partial charge in [0.15, 0.2) is 0 Å². The van der Waals surface area contributed by atoms with E-state index in [4.69, 9.17) is 15.0 Å². The van der Waals surface area contributed by atoms with E-state index < -0.39 is 13.2 Å². The maximum Gasteiger partial charge on any atom is 0.481 e. The summed E-state index contributed by atoms with van der Waals surface area (Å²) in [5, 5.41) is 3.17. The number of hydrogen-bond donors (Lipinski definition) is 2. The average molecular weight is 412 g/mol. The minimum Gasteiger partial charge on any atom is -0.404 e. The molecule has 5 nitrogen and oxygen atoms in total. The Bertz CT molecular complexity index is 771. The van der Waals surface area contributed by atoms with Crippen molar-refractivity contribution in [3.63, 3.8) is 0 Å². The Morgan fingerprint density at radius 2 is 1.93 bits per heavy atom. The zero-order chi connectivity index (χ0) is 21.7. The molecule has 1 saturated heterocycles. The molecule has 4 fully saturated rings. The predicted octanol–water partition coefficient (Wildman–Crippen LogP) is 3.35. The highest BCUT2D eigenvalue weighted by atomic mass is 16.7. The Morgan fingerprint density at radius 3 is 2.57 bits per heavy atom. The van der Waals surface area contributed by atoms with Gasteiger partial charge in [0.25, 0.3) is 0 Å². The highest BCUT2D eigenvalue weighted by Gasteiger charge is 2.68. The van der Waals surface area contributed by atoms with Crippen LogP contribution in [-0.2, 0) is 20.5 Å². The van der Waals surface area contributed by atoms with Crippen LogP contribution in [0.1, 0.15) is 59.4 Å². The van der Waals surface area contributed by atoms with Crippen LogP contribution in [-0.4, -0.2) is 36.7 Å². The van der Waals surface area contributed by atoms with Gasteiger partial charge in [-0.05, 0) is 61.3 Å². The van der Waals surface area contributed by atoms with Gasteiger partial charge in [0.2, 0.25) is 5.91 Å². The Morgan fingerprint density at radius 1 is 1.23 bits per heavy atom. The molecule has 0 spiro atoms. The topological polar surface area (TPSA) is 73.6 Å². The molecule has 1 amide bonds. The van der Waals surface area contributed by atoms with Gasteiger partial charge >= 0.3 is 7.12 Å². The van der Waals surface area contributed by atoms with Crippen LogP contribution in [0.5, 0.6) is 0 Å². The van der Waals surface area contributed by atoms with E-state index in [2.05, 4.69) is 39.9 Å². The third kappa shape index (κ3) is 3.83. The quantitative estimate of drug-likeness (QED) is 0.674. The Balaban J connectivity index is 1.44. The summed E-state index contributed by atoms with van der Waals surface area (Å²) in [4.78, 5) is 12.9. The van der Waals surface area contributed by atoms with Crippen LogP contribution >= 0.6 is 0 Å². The van der Waals surface area contributed by atoms with Crippen molar-refractivity contribution in [1.82, 2.24) is 5.32 Å². The second kappa shape index (κ2) is 7.96. The average Bonchev–Trinajstić information content (AvgIpc) is 3.04. The van der Waals surface area contributed by atoms with Crippen molar-refractivity contribution in [1.29, 1.82) is 0 Å². The van der Waals surface area contributed by atoms with E-state index >= 15 is 0 Å². The zero-order valence-corrected chi connectivity index (χ0v) is 19.1. The third-order valence-electron chi connectivity index (χ3n) is 7.99.